The van der Waals surface area contributed by atoms with Crippen LogP contribution in [-0.4, -0.2) is 104 Å². The van der Waals surface area contributed by atoms with E-state index in [0.717, 1.165) is 9.80 Å². The Morgan fingerprint density at radius 3 is 1.86 bits per heavy atom. The van der Waals surface area contributed by atoms with Crippen molar-refractivity contribution in [3.63, 3.8) is 0 Å². The van der Waals surface area contributed by atoms with E-state index in [2.05, 4.69) is 0 Å². The maximum absolute atomic E-state index is 12.3. The Morgan fingerprint density at radius 2 is 1.55 bits per heavy atom. The molecule has 22 heavy (non-hydrogen) atoms. The van der Waals surface area contributed by atoms with Gasteiger partial charge in [-0.1, -0.05) is 0 Å². The molecule has 130 valence electrons. The minimum atomic E-state index is -1.59. The Hall–Kier alpha value is -1.17. The number of amides is 1. The molecule has 11 heteroatoms. The van der Waals surface area contributed by atoms with Crippen LogP contribution < -0.4 is 5.73 Å². The van der Waals surface area contributed by atoms with Crippen LogP contribution in [-0.2, 0) is 4.79 Å². The van der Waals surface area contributed by atoms with E-state index in [-0.39, 0.29) is 24.9 Å². The summed E-state index contributed by atoms with van der Waals surface area (Å²) in [5.74, 6) is -1.02. The summed E-state index contributed by atoms with van der Waals surface area (Å²) in [6.07, 6.45) is -4.70. The fourth-order valence-electron chi connectivity index (χ4n) is 2.36. The number of carbonyl (C=O) groups excluding carboxylic acids is 1. The number of hydrogen-bond donors (Lipinski definition) is 7. The zero-order valence-electron chi connectivity index (χ0n) is 12.0. The SMILES string of the molecule is CN(CC(=O)N1[C@H](CO)[C@H](O)[C@@H](O)[C@H](O)[C@H]1CO)C(=N)N.Cl. The van der Waals surface area contributed by atoms with Crippen LogP contribution in [0.4, 0.5) is 0 Å². The lowest BCUT2D eigenvalue weighted by atomic mass is 9.88. The normalized spacial score (nSPS) is 31.4. The number of likely N-dealkylation sites (N-methyl/N-ethyl adjacent to an activating group) is 1. The molecule has 0 bridgehead atoms. The van der Waals surface area contributed by atoms with Gasteiger partial charge in [-0.05, 0) is 0 Å². The zero-order valence-corrected chi connectivity index (χ0v) is 12.8. The van der Waals surface area contributed by atoms with Crippen molar-refractivity contribution in [3.8, 4) is 0 Å². The average Bonchev–Trinajstić information content (AvgIpc) is 2.44. The van der Waals surface area contributed by atoms with Crippen LogP contribution in [0.25, 0.3) is 0 Å². The molecule has 1 heterocycles. The van der Waals surface area contributed by atoms with Gasteiger partial charge in [0.05, 0.1) is 31.8 Å². The predicted molar refractivity (Wildman–Crippen MR) is 78.4 cm³/mol. The van der Waals surface area contributed by atoms with Crippen molar-refractivity contribution in [1.29, 1.82) is 5.41 Å². The molecule has 1 fully saturated rings. The summed E-state index contributed by atoms with van der Waals surface area (Å²) in [6.45, 7) is -1.65. The number of nitrogens with two attached hydrogens (primary N) is 1. The largest absolute Gasteiger partial charge is 0.394 e. The molecular weight excluding hydrogens is 320 g/mol. The van der Waals surface area contributed by atoms with E-state index in [4.69, 9.17) is 11.1 Å². The Morgan fingerprint density at radius 1 is 1.14 bits per heavy atom. The molecule has 1 saturated heterocycles. The third-order valence-electron chi connectivity index (χ3n) is 3.65. The van der Waals surface area contributed by atoms with Gasteiger partial charge in [0.25, 0.3) is 0 Å². The number of halogens is 1. The number of aliphatic hydroxyl groups is 5. The summed E-state index contributed by atoms with van der Waals surface area (Å²) >= 11 is 0. The van der Waals surface area contributed by atoms with Crippen LogP contribution >= 0.6 is 12.4 Å². The van der Waals surface area contributed by atoms with E-state index in [0.29, 0.717) is 0 Å². The first-order chi connectivity index (χ1) is 9.76. The smallest absolute Gasteiger partial charge is 0.243 e. The summed E-state index contributed by atoms with van der Waals surface area (Å²) < 4.78 is 0. The molecule has 8 N–H and O–H groups in total. The Labute approximate surface area is 133 Å². The number of aliphatic hydroxyl groups excluding tert-OH is 5. The van der Waals surface area contributed by atoms with Crippen molar-refractivity contribution >= 4 is 24.3 Å². The molecule has 0 aromatic rings. The summed E-state index contributed by atoms with van der Waals surface area (Å²) in [6, 6.07) is -2.35. The highest BCUT2D eigenvalue weighted by Gasteiger charge is 2.49. The van der Waals surface area contributed by atoms with Crippen LogP contribution in [0.3, 0.4) is 0 Å². The zero-order chi connectivity index (χ0) is 16.3. The molecule has 0 unspecified atom stereocenters. The summed E-state index contributed by atoms with van der Waals surface area (Å²) in [5.41, 5.74) is 5.23. The van der Waals surface area contributed by atoms with Gasteiger partial charge in [0.15, 0.2) is 5.96 Å². The minimum absolute atomic E-state index is 0. The van der Waals surface area contributed by atoms with Gasteiger partial charge in [0, 0.05) is 7.05 Å². The summed E-state index contributed by atoms with van der Waals surface area (Å²) in [7, 11) is 1.40. The van der Waals surface area contributed by atoms with Gasteiger partial charge in [0.1, 0.15) is 18.3 Å². The predicted octanol–water partition coefficient (Wildman–Crippen LogP) is -4.12. The monoisotopic (exact) mass is 342 g/mol. The number of likely N-dealkylation sites (tertiary alicyclic amines) is 1. The standard InChI is InChI=1S/C11H22N4O6.ClH/c1-14(11(12)13)2-7(18)15-5(3-16)8(19)10(21)9(20)6(15)4-17;/h5-6,8-10,16-17,19-21H,2-4H2,1H3,(H3,12,13);1H/t5-,6-,8-,9+,10+;/m1./s1. The van der Waals surface area contributed by atoms with Gasteiger partial charge in [-0.2, -0.15) is 0 Å². The molecule has 0 radical (unpaired) electrons. The quantitative estimate of drug-likeness (QED) is 0.199. The van der Waals surface area contributed by atoms with Crippen LogP contribution in [0.5, 0.6) is 0 Å². The van der Waals surface area contributed by atoms with Gasteiger partial charge >= 0.3 is 0 Å². The van der Waals surface area contributed by atoms with E-state index >= 15 is 0 Å². The molecule has 0 spiro atoms. The molecule has 0 aromatic carbocycles. The number of guanidine groups is 1. The molecule has 0 saturated carbocycles. The fourth-order valence-corrected chi connectivity index (χ4v) is 2.36. The van der Waals surface area contributed by atoms with Crippen LogP contribution in [0, 0.1) is 5.41 Å². The molecule has 0 aliphatic carbocycles. The molecule has 1 aliphatic heterocycles. The lowest BCUT2D eigenvalue weighted by molar-refractivity contribution is -0.187. The molecule has 10 nitrogen and oxygen atoms in total. The minimum Gasteiger partial charge on any atom is -0.394 e. The first-order valence-corrected chi connectivity index (χ1v) is 6.38. The molecule has 0 aromatic heterocycles. The molecule has 1 aliphatic rings. The lowest BCUT2D eigenvalue weighted by Gasteiger charge is -2.48. The number of piperidine rings is 1. The number of rotatable bonds is 4. The lowest BCUT2D eigenvalue weighted by Crippen LogP contribution is -2.70. The van der Waals surface area contributed by atoms with E-state index < -0.39 is 49.5 Å². The maximum atomic E-state index is 12.3. The van der Waals surface area contributed by atoms with E-state index in [1.165, 1.54) is 7.05 Å². The first kappa shape index (κ1) is 20.8. The number of carbonyl (C=O) groups is 1. The van der Waals surface area contributed by atoms with Crippen molar-refractivity contribution < 1.29 is 30.3 Å². The number of nitrogens with one attached hydrogen (secondary N) is 1. The number of hydrogen-bond acceptors (Lipinski definition) is 7. The third-order valence-corrected chi connectivity index (χ3v) is 3.65. The second-order valence-corrected chi connectivity index (χ2v) is 5.01. The van der Waals surface area contributed by atoms with Crippen molar-refractivity contribution in [3.05, 3.63) is 0 Å². The first-order valence-electron chi connectivity index (χ1n) is 6.38. The van der Waals surface area contributed by atoms with Crippen LogP contribution in [0.15, 0.2) is 0 Å². The van der Waals surface area contributed by atoms with Crippen molar-refractivity contribution in [2.75, 3.05) is 26.8 Å². The Kier molecular flexibility index (Phi) is 8.01. The van der Waals surface area contributed by atoms with E-state index in [1.807, 2.05) is 0 Å². The third kappa shape index (κ3) is 3.97. The van der Waals surface area contributed by atoms with Crippen molar-refractivity contribution in [1.82, 2.24) is 9.80 Å². The van der Waals surface area contributed by atoms with Crippen LogP contribution in [0.1, 0.15) is 0 Å². The second-order valence-electron chi connectivity index (χ2n) is 5.01. The van der Waals surface area contributed by atoms with Gasteiger partial charge in [-0.3, -0.25) is 10.2 Å². The summed E-state index contributed by atoms with van der Waals surface area (Å²) in [4.78, 5) is 14.3. The van der Waals surface area contributed by atoms with Crippen molar-refractivity contribution in [2.45, 2.75) is 30.4 Å². The Bertz CT molecular complexity index is 383. The van der Waals surface area contributed by atoms with E-state index in [1.54, 1.807) is 0 Å². The van der Waals surface area contributed by atoms with Gasteiger partial charge in [0.2, 0.25) is 5.91 Å². The van der Waals surface area contributed by atoms with Crippen LogP contribution in [0.2, 0.25) is 0 Å². The van der Waals surface area contributed by atoms with Gasteiger partial charge in [-0.15, -0.1) is 12.4 Å². The highest BCUT2D eigenvalue weighted by Crippen LogP contribution is 2.24. The highest BCUT2D eigenvalue weighted by atomic mass is 35.5. The van der Waals surface area contributed by atoms with Gasteiger partial charge < -0.3 is 41.1 Å². The molecular formula is C11H23ClN4O6. The average molecular weight is 343 g/mol. The topological polar surface area (TPSA) is 175 Å². The molecule has 5 atom stereocenters. The van der Waals surface area contributed by atoms with Crippen molar-refractivity contribution in [2.24, 2.45) is 5.73 Å². The van der Waals surface area contributed by atoms with E-state index in [9.17, 15) is 30.3 Å². The Balaban J connectivity index is 0.00000441. The van der Waals surface area contributed by atoms with Gasteiger partial charge in [-0.25, -0.2) is 0 Å². The highest BCUT2D eigenvalue weighted by molar-refractivity contribution is 5.85. The summed E-state index contributed by atoms with van der Waals surface area (Å²) in [5, 5.41) is 55.3. The molecule has 1 amide bonds. The molecule has 1 rings (SSSR count). The maximum Gasteiger partial charge on any atom is 0.243 e. The fraction of sp³-hybridized carbons (Fsp3) is 0.818. The number of nitrogens with zero attached hydrogens (tertiary/aromatic N) is 2. The second kappa shape index (κ2) is 8.46.